The lowest BCUT2D eigenvalue weighted by Gasteiger charge is -2.13. The molecule has 0 N–H and O–H groups in total. The third kappa shape index (κ3) is 1.70. The number of nitrogens with zero attached hydrogens (tertiary/aromatic N) is 1. The number of hydrogen-bond donors (Lipinski definition) is 0. The molecule has 1 aromatic rings. The van der Waals surface area contributed by atoms with Gasteiger partial charge >= 0.3 is 0 Å². The van der Waals surface area contributed by atoms with Crippen LogP contribution < -0.4 is 4.90 Å². The summed E-state index contributed by atoms with van der Waals surface area (Å²) in [5.41, 5.74) is 0.796. The number of amides is 1. The maximum Gasteiger partial charge on any atom is 0.300 e. The van der Waals surface area contributed by atoms with Gasteiger partial charge < -0.3 is 0 Å². The second-order valence-corrected chi connectivity index (χ2v) is 3.79. The van der Waals surface area contributed by atoms with E-state index in [2.05, 4.69) is 11.8 Å². The highest BCUT2D eigenvalue weighted by Crippen LogP contribution is 2.32. The number of fused-ring (bicyclic) bond motifs is 1. The Balaban J connectivity index is 2.58. The minimum atomic E-state index is -0.716. The van der Waals surface area contributed by atoms with E-state index in [4.69, 9.17) is 0 Å². The first kappa shape index (κ1) is 11.3. The Hall–Kier alpha value is -2.15. The van der Waals surface area contributed by atoms with Gasteiger partial charge in [0.2, 0.25) is 0 Å². The Morgan fingerprint density at radius 3 is 2.71 bits per heavy atom. The molecule has 0 radical (unpaired) electrons. The van der Waals surface area contributed by atoms with Gasteiger partial charge in [0.05, 0.1) is 17.8 Å². The van der Waals surface area contributed by atoms with Crippen LogP contribution in [0.4, 0.5) is 10.1 Å². The summed E-state index contributed by atoms with van der Waals surface area (Å²) in [4.78, 5) is 24.4. The van der Waals surface area contributed by atoms with Gasteiger partial charge in [-0.15, -0.1) is 5.92 Å². The largest absolute Gasteiger partial charge is 0.300 e. The predicted molar refractivity (Wildman–Crippen MR) is 61.3 cm³/mol. The van der Waals surface area contributed by atoms with Gasteiger partial charge in [0.1, 0.15) is 5.82 Å². The first-order chi connectivity index (χ1) is 8.06. The summed E-state index contributed by atoms with van der Waals surface area (Å²) in [5, 5.41) is 0. The molecular formula is C13H10FNO2. The zero-order valence-electron chi connectivity index (χ0n) is 9.50. The number of halogens is 1. The van der Waals surface area contributed by atoms with Crippen LogP contribution in [0.15, 0.2) is 12.1 Å². The van der Waals surface area contributed by atoms with Crippen molar-refractivity contribution in [1.29, 1.82) is 0 Å². The van der Waals surface area contributed by atoms with Crippen LogP contribution in [0.2, 0.25) is 0 Å². The molecule has 17 heavy (non-hydrogen) atoms. The van der Waals surface area contributed by atoms with Crippen LogP contribution in [0.5, 0.6) is 0 Å². The van der Waals surface area contributed by atoms with E-state index in [0.29, 0.717) is 5.56 Å². The Labute approximate surface area is 98.2 Å². The monoisotopic (exact) mass is 231 g/mol. The number of hydrogen-bond acceptors (Lipinski definition) is 2. The molecule has 0 bridgehead atoms. The lowest BCUT2D eigenvalue weighted by atomic mass is 10.1. The fourth-order valence-corrected chi connectivity index (χ4v) is 1.83. The second-order valence-electron chi connectivity index (χ2n) is 3.79. The van der Waals surface area contributed by atoms with E-state index in [1.165, 1.54) is 12.1 Å². The van der Waals surface area contributed by atoms with E-state index in [-0.39, 0.29) is 17.8 Å². The third-order valence-corrected chi connectivity index (χ3v) is 2.58. The van der Waals surface area contributed by atoms with Gasteiger partial charge in [-0.3, -0.25) is 14.5 Å². The summed E-state index contributed by atoms with van der Waals surface area (Å²) < 4.78 is 13.8. The van der Waals surface area contributed by atoms with Crippen molar-refractivity contribution in [2.24, 2.45) is 0 Å². The van der Waals surface area contributed by atoms with E-state index in [0.717, 1.165) is 4.90 Å². The molecule has 0 atom stereocenters. The number of carbonyl (C=O) groups is 2. The van der Waals surface area contributed by atoms with Crippen LogP contribution in [0, 0.1) is 24.6 Å². The minimum Gasteiger partial charge on any atom is -0.290 e. The molecule has 0 unspecified atom stereocenters. The number of rotatable bonds is 1. The maximum atomic E-state index is 13.8. The fraction of sp³-hybridized carbons (Fsp3) is 0.231. The zero-order valence-corrected chi connectivity index (χ0v) is 9.50. The van der Waals surface area contributed by atoms with Crippen LogP contribution in [-0.2, 0) is 4.79 Å². The second kappa shape index (κ2) is 4.02. The van der Waals surface area contributed by atoms with Gasteiger partial charge in [-0.2, -0.15) is 0 Å². The van der Waals surface area contributed by atoms with Crippen molar-refractivity contribution in [3.63, 3.8) is 0 Å². The molecule has 1 amide bonds. The Bertz CT molecular complexity index is 581. The summed E-state index contributed by atoms with van der Waals surface area (Å²) >= 11 is 0. The van der Waals surface area contributed by atoms with Crippen LogP contribution in [0.1, 0.15) is 22.8 Å². The topological polar surface area (TPSA) is 37.4 Å². The van der Waals surface area contributed by atoms with Gasteiger partial charge in [0.15, 0.2) is 0 Å². The van der Waals surface area contributed by atoms with Crippen LogP contribution >= 0.6 is 0 Å². The summed E-state index contributed by atoms with van der Waals surface area (Å²) in [7, 11) is 0. The van der Waals surface area contributed by atoms with Gasteiger partial charge in [-0.25, -0.2) is 4.39 Å². The average molecular weight is 231 g/mol. The molecule has 0 saturated carbocycles. The van der Waals surface area contributed by atoms with Crippen molar-refractivity contribution in [3.05, 3.63) is 29.1 Å². The summed E-state index contributed by atoms with van der Waals surface area (Å²) in [6.07, 6.45) is 0. The molecule has 1 heterocycles. The Morgan fingerprint density at radius 1 is 1.35 bits per heavy atom. The van der Waals surface area contributed by atoms with E-state index >= 15 is 0 Å². The lowest BCUT2D eigenvalue weighted by molar-refractivity contribution is -0.114. The molecule has 86 valence electrons. The first-order valence-corrected chi connectivity index (χ1v) is 5.12. The van der Waals surface area contributed by atoms with Gasteiger partial charge in [-0.05, 0) is 31.5 Å². The summed E-state index contributed by atoms with van der Waals surface area (Å²) in [6.45, 7) is 3.33. The van der Waals surface area contributed by atoms with Crippen molar-refractivity contribution >= 4 is 17.4 Å². The quantitative estimate of drug-likeness (QED) is 0.544. The number of carbonyl (C=O) groups excluding carboxylic acids is 2. The summed E-state index contributed by atoms with van der Waals surface area (Å²) in [5.74, 6) is 3.33. The molecule has 0 fully saturated rings. The molecule has 0 aromatic heterocycles. The lowest BCUT2D eigenvalue weighted by Crippen LogP contribution is -2.30. The van der Waals surface area contributed by atoms with Crippen molar-refractivity contribution in [3.8, 4) is 11.8 Å². The van der Waals surface area contributed by atoms with Crippen molar-refractivity contribution in [2.45, 2.75) is 13.8 Å². The highest BCUT2D eigenvalue weighted by molar-refractivity contribution is 6.52. The van der Waals surface area contributed by atoms with Gasteiger partial charge in [0.25, 0.3) is 11.7 Å². The van der Waals surface area contributed by atoms with Crippen LogP contribution in [0.3, 0.4) is 0 Å². The summed E-state index contributed by atoms with van der Waals surface area (Å²) in [6, 6.07) is 2.83. The van der Waals surface area contributed by atoms with Crippen molar-refractivity contribution < 1.29 is 14.0 Å². The fourth-order valence-electron chi connectivity index (χ4n) is 1.83. The highest BCUT2D eigenvalue weighted by atomic mass is 19.1. The number of anilines is 1. The predicted octanol–water partition coefficient (Wildman–Crippen LogP) is 1.69. The van der Waals surface area contributed by atoms with E-state index in [1.807, 2.05) is 0 Å². The Morgan fingerprint density at radius 2 is 2.06 bits per heavy atom. The third-order valence-electron chi connectivity index (χ3n) is 2.58. The van der Waals surface area contributed by atoms with Crippen molar-refractivity contribution in [1.82, 2.24) is 0 Å². The molecule has 3 nitrogen and oxygen atoms in total. The average Bonchev–Trinajstić information content (AvgIpc) is 2.51. The zero-order chi connectivity index (χ0) is 12.6. The molecule has 4 heteroatoms. The smallest absolute Gasteiger partial charge is 0.290 e. The minimum absolute atomic E-state index is 0.0358. The molecule has 0 aliphatic carbocycles. The molecule has 0 spiro atoms. The molecular weight excluding hydrogens is 221 g/mol. The molecule has 1 aliphatic heterocycles. The normalized spacial score (nSPS) is 13.5. The van der Waals surface area contributed by atoms with E-state index in [9.17, 15) is 14.0 Å². The molecule has 1 aliphatic rings. The number of benzene rings is 1. The van der Waals surface area contributed by atoms with E-state index in [1.54, 1.807) is 13.8 Å². The maximum absolute atomic E-state index is 13.8. The van der Waals surface area contributed by atoms with Crippen molar-refractivity contribution in [2.75, 3.05) is 11.4 Å². The van der Waals surface area contributed by atoms with Gasteiger partial charge in [-0.1, -0.05) is 5.92 Å². The van der Waals surface area contributed by atoms with Gasteiger partial charge in [0, 0.05) is 0 Å². The molecule has 1 aromatic carbocycles. The number of ketones is 1. The SMILES string of the molecule is CC#CCN1C(=O)C(=O)c2cc(C)cc(F)c21. The van der Waals surface area contributed by atoms with Crippen LogP contribution in [0.25, 0.3) is 0 Å². The Kier molecular flexibility index (Phi) is 2.68. The first-order valence-electron chi connectivity index (χ1n) is 5.12. The van der Waals surface area contributed by atoms with Crippen LogP contribution in [-0.4, -0.2) is 18.2 Å². The number of aryl methyl sites for hydroxylation is 1. The number of Topliss-reactive ketones (excluding diaryl/α,β-unsaturated/α-hetero) is 1. The highest BCUT2D eigenvalue weighted by Gasteiger charge is 2.37. The standard InChI is InChI=1S/C13H10FNO2/c1-3-4-5-15-11-9(12(16)13(15)17)6-8(2)7-10(11)14/h6-7H,5H2,1-2H3. The molecule has 2 rings (SSSR count). The molecule has 0 saturated heterocycles. The van der Waals surface area contributed by atoms with E-state index < -0.39 is 17.5 Å².